The van der Waals surface area contributed by atoms with Crippen molar-refractivity contribution in [2.75, 3.05) is 26.2 Å². The quantitative estimate of drug-likeness (QED) is 0.858. The van der Waals surface area contributed by atoms with E-state index in [0.29, 0.717) is 26.2 Å². The fourth-order valence-corrected chi connectivity index (χ4v) is 2.01. The van der Waals surface area contributed by atoms with Crippen LogP contribution < -0.4 is 5.73 Å². The van der Waals surface area contributed by atoms with Gasteiger partial charge in [-0.3, -0.25) is 0 Å². The Kier molecular flexibility index (Phi) is 3.64. The van der Waals surface area contributed by atoms with Crippen LogP contribution in [0, 0.1) is 6.92 Å². The zero-order chi connectivity index (χ0) is 12.3. The Labute approximate surface area is 101 Å². The molecule has 0 radical (unpaired) electrons. The Balaban J connectivity index is 2.05. The van der Waals surface area contributed by atoms with Gasteiger partial charge in [-0.25, -0.2) is 4.79 Å². The van der Waals surface area contributed by atoms with Gasteiger partial charge in [-0.15, -0.1) is 0 Å². The second kappa shape index (κ2) is 5.19. The number of nitrogens with two attached hydrogens (primary N) is 1. The van der Waals surface area contributed by atoms with Gasteiger partial charge in [0.15, 0.2) is 0 Å². The molecule has 4 nitrogen and oxygen atoms in total. The van der Waals surface area contributed by atoms with Crippen LogP contribution in [0.1, 0.15) is 17.0 Å². The van der Waals surface area contributed by atoms with Gasteiger partial charge in [-0.2, -0.15) is 0 Å². The number of benzene rings is 1. The number of aryl methyl sites for hydroxylation is 1. The van der Waals surface area contributed by atoms with Gasteiger partial charge in [0.2, 0.25) is 0 Å². The SMILES string of the molecule is Cc1ccc(C(CN)CN2CCOC2=O)cc1. The molecule has 1 fully saturated rings. The lowest BCUT2D eigenvalue weighted by molar-refractivity contribution is 0.157. The Bertz CT molecular complexity index is 389. The van der Waals surface area contributed by atoms with Gasteiger partial charge in [0.05, 0.1) is 6.54 Å². The van der Waals surface area contributed by atoms with Crippen molar-refractivity contribution in [3.05, 3.63) is 35.4 Å². The summed E-state index contributed by atoms with van der Waals surface area (Å²) >= 11 is 0. The monoisotopic (exact) mass is 234 g/mol. The van der Waals surface area contributed by atoms with Crippen LogP contribution in [-0.4, -0.2) is 37.2 Å². The zero-order valence-corrected chi connectivity index (χ0v) is 10.1. The molecule has 2 N–H and O–H groups in total. The van der Waals surface area contributed by atoms with Crippen LogP contribution in [0.3, 0.4) is 0 Å². The minimum absolute atomic E-state index is 0.182. The normalized spacial score (nSPS) is 17.1. The van der Waals surface area contributed by atoms with Gasteiger partial charge in [0.25, 0.3) is 0 Å². The molecule has 1 aliphatic rings. The molecule has 1 aromatic carbocycles. The summed E-state index contributed by atoms with van der Waals surface area (Å²) in [5.74, 6) is 0.182. The van der Waals surface area contributed by atoms with Crippen LogP contribution in [0.15, 0.2) is 24.3 Å². The van der Waals surface area contributed by atoms with Crippen LogP contribution >= 0.6 is 0 Å². The number of amides is 1. The molecular weight excluding hydrogens is 216 g/mol. The van der Waals surface area contributed by atoms with Gasteiger partial charge in [0, 0.05) is 19.0 Å². The second-order valence-electron chi connectivity index (χ2n) is 4.40. The lowest BCUT2D eigenvalue weighted by Crippen LogP contribution is -2.32. The highest BCUT2D eigenvalue weighted by Crippen LogP contribution is 2.18. The molecule has 1 unspecified atom stereocenters. The van der Waals surface area contributed by atoms with Gasteiger partial charge < -0.3 is 15.4 Å². The number of hydrogen-bond donors (Lipinski definition) is 1. The Morgan fingerprint density at radius 3 is 2.65 bits per heavy atom. The van der Waals surface area contributed by atoms with Crippen molar-refractivity contribution in [1.29, 1.82) is 0 Å². The number of nitrogens with zero attached hydrogens (tertiary/aromatic N) is 1. The van der Waals surface area contributed by atoms with Crippen molar-refractivity contribution in [2.24, 2.45) is 5.73 Å². The van der Waals surface area contributed by atoms with Crippen molar-refractivity contribution in [3.8, 4) is 0 Å². The average Bonchev–Trinajstić information content (AvgIpc) is 2.73. The van der Waals surface area contributed by atoms with Crippen LogP contribution in [0.5, 0.6) is 0 Å². The summed E-state index contributed by atoms with van der Waals surface area (Å²) < 4.78 is 4.91. The topological polar surface area (TPSA) is 55.6 Å². The molecule has 1 aliphatic heterocycles. The lowest BCUT2D eigenvalue weighted by atomic mass is 9.98. The first-order valence-corrected chi connectivity index (χ1v) is 5.89. The minimum Gasteiger partial charge on any atom is -0.448 e. The fourth-order valence-electron chi connectivity index (χ4n) is 2.01. The van der Waals surface area contributed by atoms with E-state index < -0.39 is 0 Å². The number of ether oxygens (including phenoxy) is 1. The highest BCUT2D eigenvalue weighted by atomic mass is 16.6. The van der Waals surface area contributed by atoms with E-state index in [0.717, 1.165) is 0 Å². The summed E-state index contributed by atoms with van der Waals surface area (Å²) in [6.45, 7) is 4.38. The van der Waals surface area contributed by atoms with Crippen molar-refractivity contribution in [3.63, 3.8) is 0 Å². The van der Waals surface area contributed by atoms with E-state index in [2.05, 4.69) is 31.2 Å². The minimum atomic E-state index is -0.226. The predicted molar refractivity (Wildman–Crippen MR) is 65.9 cm³/mol. The van der Waals surface area contributed by atoms with Crippen LogP contribution in [0.25, 0.3) is 0 Å². The molecule has 1 saturated heterocycles. The van der Waals surface area contributed by atoms with Gasteiger partial charge in [0.1, 0.15) is 6.61 Å². The molecule has 4 heteroatoms. The first-order valence-electron chi connectivity index (χ1n) is 5.89. The van der Waals surface area contributed by atoms with Crippen LogP contribution in [-0.2, 0) is 4.74 Å². The molecule has 1 aromatic rings. The summed E-state index contributed by atoms with van der Waals surface area (Å²) in [7, 11) is 0. The molecule has 92 valence electrons. The summed E-state index contributed by atoms with van der Waals surface area (Å²) in [6, 6.07) is 8.29. The molecule has 0 saturated carbocycles. The third-order valence-electron chi connectivity index (χ3n) is 3.12. The number of hydrogen-bond acceptors (Lipinski definition) is 3. The maximum atomic E-state index is 11.4. The van der Waals surface area contributed by atoms with E-state index in [4.69, 9.17) is 10.5 Å². The van der Waals surface area contributed by atoms with Crippen molar-refractivity contribution >= 4 is 6.09 Å². The number of carbonyl (C=O) groups excluding carboxylic acids is 1. The Morgan fingerprint density at radius 1 is 1.41 bits per heavy atom. The third-order valence-corrected chi connectivity index (χ3v) is 3.12. The summed E-state index contributed by atoms with van der Waals surface area (Å²) in [6.07, 6.45) is -0.226. The van der Waals surface area contributed by atoms with E-state index in [-0.39, 0.29) is 12.0 Å². The molecule has 17 heavy (non-hydrogen) atoms. The third kappa shape index (κ3) is 2.77. The number of cyclic esters (lactones) is 1. The van der Waals surface area contributed by atoms with E-state index >= 15 is 0 Å². The van der Waals surface area contributed by atoms with E-state index in [1.54, 1.807) is 4.90 Å². The number of rotatable bonds is 4. The number of carbonyl (C=O) groups is 1. The lowest BCUT2D eigenvalue weighted by Gasteiger charge is -2.21. The largest absolute Gasteiger partial charge is 0.448 e. The van der Waals surface area contributed by atoms with Crippen molar-refractivity contribution < 1.29 is 9.53 Å². The average molecular weight is 234 g/mol. The highest BCUT2D eigenvalue weighted by molar-refractivity contribution is 5.69. The highest BCUT2D eigenvalue weighted by Gasteiger charge is 2.25. The van der Waals surface area contributed by atoms with E-state index in [1.807, 2.05) is 0 Å². The summed E-state index contributed by atoms with van der Waals surface area (Å²) in [5.41, 5.74) is 8.19. The molecule has 0 bridgehead atoms. The molecule has 1 atom stereocenters. The van der Waals surface area contributed by atoms with Gasteiger partial charge >= 0.3 is 6.09 Å². The molecule has 0 aromatic heterocycles. The molecular formula is C13H18N2O2. The van der Waals surface area contributed by atoms with Gasteiger partial charge in [-0.1, -0.05) is 29.8 Å². The van der Waals surface area contributed by atoms with E-state index in [9.17, 15) is 4.79 Å². The standard InChI is InChI=1S/C13H18N2O2/c1-10-2-4-11(5-3-10)12(8-14)9-15-6-7-17-13(15)16/h2-5,12H,6-9,14H2,1H3. The molecule has 0 aliphatic carbocycles. The smallest absolute Gasteiger partial charge is 0.409 e. The summed E-state index contributed by atoms with van der Waals surface area (Å²) in [4.78, 5) is 13.1. The zero-order valence-electron chi connectivity index (χ0n) is 10.1. The van der Waals surface area contributed by atoms with E-state index in [1.165, 1.54) is 11.1 Å². The van der Waals surface area contributed by atoms with Gasteiger partial charge in [-0.05, 0) is 12.5 Å². The molecule has 1 heterocycles. The van der Waals surface area contributed by atoms with Crippen molar-refractivity contribution in [2.45, 2.75) is 12.8 Å². The fraction of sp³-hybridized carbons (Fsp3) is 0.462. The first-order chi connectivity index (χ1) is 8.20. The Hall–Kier alpha value is -1.55. The maximum absolute atomic E-state index is 11.4. The van der Waals surface area contributed by atoms with Crippen LogP contribution in [0.4, 0.5) is 4.79 Å². The Morgan fingerprint density at radius 2 is 2.12 bits per heavy atom. The maximum Gasteiger partial charge on any atom is 0.409 e. The van der Waals surface area contributed by atoms with Crippen LogP contribution in [0.2, 0.25) is 0 Å². The molecule has 0 spiro atoms. The first kappa shape index (κ1) is 11.9. The summed E-state index contributed by atoms with van der Waals surface area (Å²) in [5, 5.41) is 0. The molecule has 1 amide bonds. The molecule has 2 rings (SSSR count). The second-order valence-corrected chi connectivity index (χ2v) is 4.40. The van der Waals surface area contributed by atoms with Crippen molar-refractivity contribution in [1.82, 2.24) is 4.90 Å². The predicted octanol–water partition coefficient (Wildman–Crippen LogP) is 1.49.